The van der Waals surface area contributed by atoms with Crippen LogP contribution >= 0.6 is 12.4 Å². The molecule has 0 radical (unpaired) electrons. The van der Waals surface area contributed by atoms with Gasteiger partial charge in [-0.3, -0.25) is 0 Å². The van der Waals surface area contributed by atoms with Gasteiger partial charge < -0.3 is 5.32 Å². The lowest BCUT2D eigenvalue weighted by Gasteiger charge is -2.18. The van der Waals surface area contributed by atoms with E-state index in [1.165, 1.54) is 16.6 Å². The van der Waals surface area contributed by atoms with Crippen molar-refractivity contribution in [3.8, 4) is 0 Å². The Hall–Kier alpha value is -0.690. The minimum atomic E-state index is -3.40. The van der Waals surface area contributed by atoms with Crippen LogP contribution in [-0.4, -0.2) is 43.9 Å². The van der Waals surface area contributed by atoms with Crippen molar-refractivity contribution in [2.75, 3.05) is 26.2 Å². The Balaban J connectivity index is 0.00000144. The molecule has 2 heterocycles. The maximum atomic E-state index is 12.2. The number of hydrogen-bond donors (Lipinski definition) is 1. The minimum Gasteiger partial charge on any atom is -0.315 e. The van der Waals surface area contributed by atoms with Gasteiger partial charge in [-0.25, -0.2) is 13.4 Å². The van der Waals surface area contributed by atoms with Crippen LogP contribution in [0, 0.1) is 0 Å². The summed E-state index contributed by atoms with van der Waals surface area (Å²) in [6.07, 6.45) is 2.34. The van der Waals surface area contributed by atoms with Crippen molar-refractivity contribution in [2.45, 2.75) is 11.4 Å². The van der Waals surface area contributed by atoms with Gasteiger partial charge in [-0.2, -0.15) is 4.31 Å². The topological polar surface area (TPSA) is 62.3 Å². The minimum absolute atomic E-state index is 0. The van der Waals surface area contributed by atoms with E-state index in [-0.39, 0.29) is 17.4 Å². The fourth-order valence-corrected chi connectivity index (χ4v) is 3.10. The second-order valence-corrected chi connectivity index (χ2v) is 5.56. The monoisotopic (exact) mass is 277 g/mol. The number of nitrogens with one attached hydrogen (secondary N) is 1. The molecule has 1 aromatic rings. The molecule has 0 spiro atoms. The van der Waals surface area contributed by atoms with Gasteiger partial charge in [0, 0.05) is 25.8 Å². The molecule has 7 heteroatoms. The van der Waals surface area contributed by atoms with Crippen LogP contribution in [0.25, 0.3) is 0 Å². The van der Waals surface area contributed by atoms with Crippen LogP contribution in [0.5, 0.6) is 0 Å². The quantitative estimate of drug-likeness (QED) is 0.855. The fraction of sp³-hybridized carbons (Fsp3) is 0.500. The Morgan fingerprint density at radius 1 is 1.24 bits per heavy atom. The van der Waals surface area contributed by atoms with E-state index >= 15 is 0 Å². The number of rotatable bonds is 2. The maximum Gasteiger partial charge on any atom is 0.260 e. The first-order chi connectivity index (χ1) is 7.71. The van der Waals surface area contributed by atoms with Crippen molar-refractivity contribution in [3.63, 3.8) is 0 Å². The first kappa shape index (κ1) is 14.4. The highest BCUT2D eigenvalue weighted by Crippen LogP contribution is 2.13. The van der Waals surface area contributed by atoms with Gasteiger partial charge in [0.1, 0.15) is 0 Å². The summed E-state index contributed by atoms with van der Waals surface area (Å²) in [7, 11) is -3.40. The number of sulfonamides is 1. The molecule has 1 saturated heterocycles. The van der Waals surface area contributed by atoms with E-state index < -0.39 is 10.0 Å². The molecule has 1 fully saturated rings. The summed E-state index contributed by atoms with van der Waals surface area (Å²) in [5, 5.41) is 3.31. The normalized spacial score (nSPS) is 18.1. The number of hydrogen-bond acceptors (Lipinski definition) is 4. The Bertz CT molecular complexity index is 430. The largest absolute Gasteiger partial charge is 0.315 e. The zero-order chi connectivity index (χ0) is 11.4. The van der Waals surface area contributed by atoms with Gasteiger partial charge in [0.25, 0.3) is 10.0 Å². The molecule has 1 N–H and O–H groups in total. The van der Waals surface area contributed by atoms with E-state index in [4.69, 9.17) is 0 Å². The summed E-state index contributed by atoms with van der Waals surface area (Å²) in [5.41, 5.74) is 0. The Labute approximate surface area is 108 Å². The number of nitrogens with zero attached hydrogens (tertiary/aromatic N) is 2. The molecule has 2 rings (SSSR count). The molecule has 0 aromatic carbocycles. The van der Waals surface area contributed by atoms with Crippen molar-refractivity contribution in [1.82, 2.24) is 14.6 Å². The summed E-state index contributed by atoms with van der Waals surface area (Å²) < 4.78 is 25.8. The highest BCUT2D eigenvalue weighted by Gasteiger charge is 2.25. The van der Waals surface area contributed by atoms with E-state index in [9.17, 15) is 8.42 Å². The molecule has 1 aromatic heterocycles. The lowest BCUT2D eigenvalue weighted by Crippen LogP contribution is -2.34. The Morgan fingerprint density at radius 3 is 2.76 bits per heavy atom. The SMILES string of the molecule is Cl.O=S(=O)(c1ccccn1)N1CCCNCC1. The van der Waals surface area contributed by atoms with Crippen molar-refractivity contribution in [3.05, 3.63) is 24.4 Å². The number of pyridine rings is 1. The standard InChI is InChI=1S/C10H15N3O2S.ClH/c14-16(15,10-4-1-2-6-12-10)13-8-3-5-11-7-9-13;/h1-2,4,6,11H,3,5,7-9H2;1H. The van der Waals surface area contributed by atoms with Gasteiger partial charge >= 0.3 is 0 Å². The van der Waals surface area contributed by atoms with E-state index in [2.05, 4.69) is 10.3 Å². The van der Waals surface area contributed by atoms with Crippen molar-refractivity contribution < 1.29 is 8.42 Å². The number of halogens is 1. The van der Waals surface area contributed by atoms with Gasteiger partial charge in [-0.15, -0.1) is 12.4 Å². The zero-order valence-corrected chi connectivity index (χ0v) is 11.0. The average Bonchev–Trinajstić information content (AvgIpc) is 2.59. The van der Waals surface area contributed by atoms with Gasteiger partial charge in [-0.1, -0.05) is 6.07 Å². The van der Waals surface area contributed by atoms with Crippen LogP contribution in [0.3, 0.4) is 0 Å². The van der Waals surface area contributed by atoms with Crippen molar-refractivity contribution in [2.24, 2.45) is 0 Å². The molecule has 0 amide bonds. The highest BCUT2D eigenvalue weighted by atomic mass is 35.5. The first-order valence-electron chi connectivity index (χ1n) is 5.33. The second kappa shape index (κ2) is 6.30. The molecule has 0 bridgehead atoms. The Morgan fingerprint density at radius 2 is 2.06 bits per heavy atom. The van der Waals surface area contributed by atoms with E-state index in [1.807, 2.05) is 0 Å². The summed E-state index contributed by atoms with van der Waals surface area (Å²) in [6.45, 7) is 2.64. The molecule has 0 unspecified atom stereocenters. The molecule has 1 aliphatic rings. The second-order valence-electron chi connectivity index (χ2n) is 3.68. The van der Waals surface area contributed by atoms with Crippen LogP contribution in [0.2, 0.25) is 0 Å². The van der Waals surface area contributed by atoms with Crippen LogP contribution in [0.1, 0.15) is 6.42 Å². The first-order valence-corrected chi connectivity index (χ1v) is 6.77. The molecule has 0 saturated carbocycles. The zero-order valence-electron chi connectivity index (χ0n) is 9.37. The van der Waals surface area contributed by atoms with Gasteiger partial charge in [0.2, 0.25) is 0 Å². The van der Waals surface area contributed by atoms with Crippen LogP contribution in [0.15, 0.2) is 29.4 Å². The van der Waals surface area contributed by atoms with Gasteiger partial charge in [0.15, 0.2) is 5.03 Å². The molecular formula is C10H16ClN3O2S. The summed E-state index contributed by atoms with van der Waals surface area (Å²) in [5.74, 6) is 0. The number of aromatic nitrogens is 1. The predicted molar refractivity (Wildman–Crippen MR) is 67.7 cm³/mol. The van der Waals surface area contributed by atoms with E-state index in [1.54, 1.807) is 12.1 Å². The summed E-state index contributed by atoms with van der Waals surface area (Å²) in [4.78, 5) is 3.91. The van der Waals surface area contributed by atoms with Gasteiger partial charge in [-0.05, 0) is 25.1 Å². The van der Waals surface area contributed by atoms with Gasteiger partial charge in [0.05, 0.1) is 0 Å². The molecule has 1 aliphatic heterocycles. The van der Waals surface area contributed by atoms with E-state index in [0.29, 0.717) is 19.6 Å². The lowest BCUT2D eigenvalue weighted by atomic mass is 10.4. The third kappa shape index (κ3) is 3.38. The fourth-order valence-electron chi connectivity index (χ4n) is 1.69. The molecule has 0 atom stereocenters. The smallest absolute Gasteiger partial charge is 0.260 e. The molecule has 17 heavy (non-hydrogen) atoms. The molecule has 5 nitrogen and oxygen atoms in total. The average molecular weight is 278 g/mol. The van der Waals surface area contributed by atoms with Crippen LogP contribution in [-0.2, 0) is 10.0 Å². The van der Waals surface area contributed by atoms with Crippen molar-refractivity contribution >= 4 is 22.4 Å². The third-order valence-electron chi connectivity index (χ3n) is 2.54. The summed E-state index contributed by atoms with van der Waals surface area (Å²) in [6, 6.07) is 4.94. The summed E-state index contributed by atoms with van der Waals surface area (Å²) >= 11 is 0. The Kier molecular flexibility index (Phi) is 5.32. The lowest BCUT2D eigenvalue weighted by molar-refractivity contribution is 0.429. The molecule has 0 aliphatic carbocycles. The van der Waals surface area contributed by atoms with Crippen LogP contribution < -0.4 is 5.32 Å². The van der Waals surface area contributed by atoms with Crippen molar-refractivity contribution in [1.29, 1.82) is 0 Å². The third-order valence-corrected chi connectivity index (χ3v) is 4.36. The maximum absolute atomic E-state index is 12.2. The molecular weight excluding hydrogens is 262 g/mol. The van der Waals surface area contributed by atoms with Crippen LogP contribution in [0.4, 0.5) is 0 Å². The predicted octanol–water partition coefficient (Wildman–Crippen LogP) is 0.487. The molecule has 96 valence electrons. The van der Waals surface area contributed by atoms with E-state index in [0.717, 1.165) is 13.0 Å². The highest BCUT2D eigenvalue weighted by molar-refractivity contribution is 7.89.